The first-order chi connectivity index (χ1) is 8.20. The zero-order valence-electron chi connectivity index (χ0n) is 10.2. The number of halogens is 1. The van der Waals surface area contributed by atoms with Crippen molar-refractivity contribution in [3.8, 4) is 0 Å². The molecule has 17 heavy (non-hydrogen) atoms. The van der Waals surface area contributed by atoms with Gasteiger partial charge in [0.15, 0.2) is 0 Å². The Morgan fingerprint density at radius 2 is 2.35 bits per heavy atom. The van der Waals surface area contributed by atoms with E-state index in [0.29, 0.717) is 6.54 Å². The van der Waals surface area contributed by atoms with Crippen LogP contribution in [0.5, 0.6) is 0 Å². The number of nitrogens with zero attached hydrogens (tertiary/aromatic N) is 1. The predicted molar refractivity (Wildman–Crippen MR) is 71.6 cm³/mol. The summed E-state index contributed by atoms with van der Waals surface area (Å²) in [7, 11) is 0. The summed E-state index contributed by atoms with van der Waals surface area (Å²) in [4.78, 5) is 2.29. The quantitative estimate of drug-likeness (QED) is 0.881. The Kier molecular flexibility index (Phi) is 4.26. The van der Waals surface area contributed by atoms with Gasteiger partial charge in [0.25, 0.3) is 0 Å². The highest BCUT2D eigenvalue weighted by molar-refractivity contribution is 6.33. The van der Waals surface area contributed by atoms with E-state index in [9.17, 15) is 0 Å². The molecular formula is C13H19ClN2O. The van der Waals surface area contributed by atoms with Gasteiger partial charge in [-0.2, -0.15) is 0 Å². The van der Waals surface area contributed by atoms with Crippen molar-refractivity contribution in [2.75, 3.05) is 24.6 Å². The molecule has 1 unspecified atom stereocenters. The van der Waals surface area contributed by atoms with Crippen molar-refractivity contribution in [1.82, 2.24) is 0 Å². The van der Waals surface area contributed by atoms with Gasteiger partial charge in [0.1, 0.15) is 0 Å². The standard InChI is InChI=1S/C13H19ClN2O/c1-10-9-16(5-2-6-17-10)13-4-3-11(8-15)7-12(13)14/h3-4,7,10H,2,5-6,8-9,15H2,1H3. The largest absolute Gasteiger partial charge is 0.377 e. The number of hydrogen-bond donors (Lipinski definition) is 1. The number of rotatable bonds is 2. The van der Waals surface area contributed by atoms with Gasteiger partial charge < -0.3 is 15.4 Å². The molecule has 4 heteroatoms. The maximum absolute atomic E-state index is 6.30. The van der Waals surface area contributed by atoms with Crippen LogP contribution in [0.3, 0.4) is 0 Å². The fourth-order valence-electron chi connectivity index (χ4n) is 2.15. The van der Waals surface area contributed by atoms with E-state index in [4.69, 9.17) is 22.1 Å². The van der Waals surface area contributed by atoms with Crippen molar-refractivity contribution in [1.29, 1.82) is 0 Å². The van der Waals surface area contributed by atoms with Crippen LogP contribution in [0.2, 0.25) is 5.02 Å². The van der Waals surface area contributed by atoms with Crippen LogP contribution in [-0.4, -0.2) is 25.8 Å². The summed E-state index contributed by atoms with van der Waals surface area (Å²) in [5.74, 6) is 0. The molecule has 1 saturated heterocycles. The molecule has 0 spiro atoms. The summed E-state index contributed by atoms with van der Waals surface area (Å²) in [6.07, 6.45) is 1.29. The zero-order valence-corrected chi connectivity index (χ0v) is 10.9. The van der Waals surface area contributed by atoms with E-state index in [1.165, 1.54) is 0 Å². The van der Waals surface area contributed by atoms with Crippen molar-refractivity contribution in [2.24, 2.45) is 5.73 Å². The molecular weight excluding hydrogens is 236 g/mol. The molecule has 94 valence electrons. The van der Waals surface area contributed by atoms with Crippen molar-refractivity contribution in [3.05, 3.63) is 28.8 Å². The number of anilines is 1. The van der Waals surface area contributed by atoms with Crippen molar-refractivity contribution in [3.63, 3.8) is 0 Å². The highest BCUT2D eigenvalue weighted by atomic mass is 35.5. The van der Waals surface area contributed by atoms with Gasteiger partial charge in [-0.25, -0.2) is 0 Å². The van der Waals surface area contributed by atoms with Gasteiger partial charge >= 0.3 is 0 Å². The number of nitrogens with two attached hydrogens (primary N) is 1. The third kappa shape index (κ3) is 3.12. The zero-order chi connectivity index (χ0) is 12.3. The summed E-state index contributed by atoms with van der Waals surface area (Å²) in [5, 5.41) is 0.780. The topological polar surface area (TPSA) is 38.5 Å². The van der Waals surface area contributed by atoms with Gasteiger partial charge in [-0.3, -0.25) is 0 Å². The molecule has 1 aliphatic rings. The summed E-state index contributed by atoms with van der Waals surface area (Å²) >= 11 is 6.30. The summed E-state index contributed by atoms with van der Waals surface area (Å²) in [6.45, 7) is 5.34. The molecule has 1 aromatic rings. The third-order valence-corrected chi connectivity index (χ3v) is 3.34. The molecule has 0 bridgehead atoms. The molecule has 1 heterocycles. The van der Waals surface area contributed by atoms with Gasteiger partial charge in [0, 0.05) is 26.2 Å². The second-order valence-corrected chi connectivity index (χ2v) is 4.88. The lowest BCUT2D eigenvalue weighted by Crippen LogP contribution is -2.30. The number of benzene rings is 1. The third-order valence-electron chi connectivity index (χ3n) is 3.04. The molecule has 0 amide bonds. The van der Waals surface area contributed by atoms with Crippen LogP contribution in [-0.2, 0) is 11.3 Å². The Morgan fingerprint density at radius 1 is 1.53 bits per heavy atom. The molecule has 2 rings (SSSR count). The first kappa shape index (κ1) is 12.7. The predicted octanol–water partition coefficient (Wildman–Crippen LogP) is 2.41. The van der Waals surface area contributed by atoms with E-state index in [1.54, 1.807) is 0 Å². The van der Waals surface area contributed by atoms with Crippen molar-refractivity contribution < 1.29 is 4.74 Å². The van der Waals surface area contributed by atoms with Crippen LogP contribution >= 0.6 is 11.6 Å². The van der Waals surface area contributed by atoms with Crippen LogP contribution in [0.1, 0.15) is 18.9 Å². The molecule has 0 aromatic heterocycles. The SMILES string of the molecule is CC1CN(c2ccc(CN)cc2Cl)CCCO1. The fourth-order valence-corrected chi connectivity index (χ4v) is 2.47. The average molecular weight is 255 g/mol. The number of ether oxygens (including phenoxy) is 1. The van der Waals surface area contributed by atoms with Crippen LogP contribution in [0.4, 0.5) is 5.69 Å². The van der Waals surface area contributed by atoms with Crippen LogP contribution in [0.25, 0.3) is 0 Å². The normalized spacial score (nSPS) is 21.4. The summed E-state index contributed by atoms with van der Waals surface area (Å²) < 4.78 is 5.63. The van der Waals surface area contributed by atoms with Gasteiger partial charge in [-0.05, 0) is 31.0 Å². The second-order valence-electron chi connectivity index (χ2n) is 4.47. The molecule has 3 nitrogen and oxygen atoms in total. The molecule has 1 aromatic carbocycles. The molecule has 1 aliphatic heterocycles. The number of hydrogen-bond acceptors (Lipinski definition) is 3. The van der Waals surface area contributed by atoms with E-state index >= 15 is 0 Å². The summed E-state index contributed by atoms with van der Waals surface area (Å²) in [5.41, 5.74) is 7.75. The maximum atomic E-state index is 6.30. The Balaban J connectivity index is 2.20. The fraction of sp³-hybridized carbons (Fsp3) is 0.538. The van der Waals surface area contributed by atoms with E-state index in [2.05, 4.69) is 17.9 Å². The lowest BCUT2D eigenvalue weighted by atomic mass is 10.2. The highest BCUT2D eigenvalue weighted by Gasteiger charge is 2.17. The highest BCUT2D eigenvalue weighted by Crippen LogP contribution is 2.28. The second kappa shape index (κ2) is 5.71. The Morgan fingerprint density at radius 3 is 3.06 bits per heavy atom. The summed E-state index contributed by atoms with van der Waals surface area (Å²) in [6, 6.07) is 6.05. The first-order valence-electron chi connectivity index (χ1n) is 6.05. The maximum Gasteiger partial charge on any atom is 0.0721 e. The van der Waals surface area contributed by atoms with Crippen LogP contribution < -0.4 is 10.6 Å². The minimum absolute atomic E-state index is 0.253. The minimum Gasteiger partial charge on any atom is -0.377 e. The monoisotopic (exact) mass is 254 g/mol. The Bertz CT molecular complexity index is 384. The molecule has 1 atom stereocenters. The van der Waals surface area contributed by atoms with E-state index < -0.39 is 0 Å². The Labute approximate surface area is 107 Å². The van der Waals surface area contributed by atoms with Crippen molar-refractivity contribution in [2.45, 2.75) is 26.0 Å². The van der Waals surface area contributed by atoms with E-state index in [0.717, 1.165) is 42.4 Å². The van der Waals surface area contributed by atoms with Crippen molar-refractivity contribution >= 4 is 17.3 Å². The van der Waals surface area contributed by atoms with Gasteiger partial charge in [-0.15, -0.1) is 0 Å². The lowest BCUT2D eigenvalue weighted by Gasteiger charge is -2.25. The van der Waals surface area contributed by atoms with Crippen LogP contribution in [0.15, 0.2) is 18.2 Å². The van der Waals surface area contributed by atoms with Crippen LogP contribution in [0, 0.1) is 0 Å². The molecule has 0 radical (unpaired) electrons. The van der Waals surface area contributed by atoms with E-state index in [1.807, 2.05) is 12.1 Å². The molecule has 1 fully saturated rings. The molecule has 2 N–H and O–H groups in total. The van der Waals surface area contributed by atoms with Gasteiger partial charge in [-0.1, -0.05) is 17.7 Å². The smallest absolute Gasteiger partial charge is 0.0721 e. The van der Waals surface area contributed by atoms with E-state index in [-0.39, 0.29) is 6.10 Å². The molecule has 0 aliphatic carbocycles. The lowest BCUT2D eigenvalue weighted by molar-refractivity contribution is 0.0821. The minimum atomic E-state index is 0.253. The first-order valence-corrected chi connectivity index (χ1v) is 6.43. The van der Waals surface area contributed by atoms with Gasteiger partial charge in [0.2, 0.25) is 0 Å². The molecule has 0 saturated carbocycles. The van der Waals surface area contributed by atoms with Gasteiger partial charge in [0.05, 0.1) is 16.8 Å². The Hall–Kier alpha value is -0.770. The average Bonchev–Trinajstić information content (AvgIpc) is 2.53.